The number of carbonyl (C=O) groups is 1. The Hall–Kier alpha value is -0.820. The number of aliphatic hydroxyl groups is 1. The summed E-state index contributed by atoms with van der Waals surface area (Å²) in [5, 5.41) is 8.77. The van der Waals surface area contributed by atoms with Crippen molar-refractivity contribution in [3.8, 4) is 0 Å². The number of hydrogen-bond donors (Lipinski definition) is 1. The van der Waals surface area contributed by atoms with E-state index in [1.165, 1.54) is 7.11 Å². The highest BCUT2D eigenvalue weighted by Gasteiger charge is 2.39. The van der Waals surface area contributed by atoms with Crippen LogP contribution in [-0.4, -0.2) is 43.2 Å². The van der Waals surface area contributed by atoms with E-state index in [0.717, 1.165) is 0 Å². The van der Waals surface area contributed by atoms with E-state index in [2.05, 4.69) is 4.74 Å². The molecule has 0 bridgehead atoms. The van der Waals surface area contributed by atoms with E-state index in [0.29, 0.717) is 25.7 Å². The van der Waals surface area contributed by atoms with Gasteiger partial charge in [-0.3, -0.25) is 4.79 Å². The first-order valence-corrected chi connectivity index (χ1v) is 5.78. The van der Waals surface area contributed by atoms with Crippen LogP contribution < -0.4 is 0 Å². The zero-order valence-corrected chi connectivity index (χ0v) is 10.1. The van der Waals surface area contributed by atoms with Crippen LogP contribution in [0.5, 0.6) is 0 Å². The van der Waals surface area contributed by atoms with Crippen LogP contribution in [-0.2, 0) is 14.3 Å². The number of halogens is 3. The molecule has 1 atom stereocenters. The molecule has 106 valence electrons. The molecule has 1 aliphatic rings. The Labute approximate surface area is 103 Å². The second-order valence-corrected chi connectivity index (χ2v) is 4.39. The van der Waals surface area contributed by atoms with Gasteiger partial charge in [-0.05, 0) is 25.7 Å². The molecule has 1 unspecified atom stereocenters. The SMILES string of the molecule is COC(=O)C1CCC(OCC(O)C(F)(F)F)CC1. The monoisotopic (exact) mass is 270 g/mol. The number of hydrogen-bond acceptors (Lipinski definition) is 4. The van der Waals surface area contributed by atoms with Gasteiger partial charge in [-0.2, -0.15) is 13.2 Å². The maximum absolute atomic E-state index is 12.0. The molecule has 1 aliphatic carbocycles. The fourth-order valence-electron chi connectivity index (χ4n) is 1.95. The summed E-state index contributed by atoms with van der Waals surface area (Å²) in [5.41, 5.74) is 0. The Bertz CT molecular complexity index is 272. The lowest BCUT2D eigenvalue weighted by Crippen LogP contribution is -2.36. The Morgan fingerprint density at radius 2 is 1.89 bits per heavy atom. The van der Waals surface area contributed by atoms with E-state index in [-0.39, 0.29) is 18.0 Å². The zero-order chi connectivity index (χ0) is 13.8. The van der Waals surface area contributed by atoms with Gasteiger partial charge < -0.3 is 14.6 Å². The Morgan fingerprint density at radius 1 is 1.33 bits per heavy atom. The van der Waals surface area contributed by atoms with Gasteiger partial charge in [0.25, 0.3) is 0 Å². The lowest BCUT2D eigenvalue weighted by Gasteiger charge is -2.28. The van der Waals surface area contributed by atoms with Crippen molar-refractivity contribution in [3.63, 3.8) is 0 Å². The highest BCUT2D eigenvalue weighted by Crippen LogP contribution is 2.28. The van der Waals surface area contributed by atoms with Gasteiger partial charge in [0.05, 0.1) is 25.7 Å². The predicted molar refractivity (Wildman–Crippen MR) is 55.8 cm³/mol. The molecule has 1 fully saturated rings. The number of carbonyl (C=O) groups excluding carboxylic acids is 1. The third-order valence-electron chi connectivity index (χ3n) is 3.08. The maximum atomic E-state index is 12.0. The highest BCUT2D eigenvalue weighted by molar-refractivity contribution is 5.72. The Morgan fingerprint density at radius 3 is 2.33 bits per heavy atom. The fourth-order valence-corrected chi connectivity index (χ4v) is 1.95. The first-order valence-electron chi connectivity index (χ1n) is 5.78. The third-order valence-corrected chi connectivity index (χ3v) is 3.08. The zero-order valence-electron chi connectivity index (χ0n) is 10.1. The first kappa shape index (κ1) is 15.2. The average molecular weight is 270 g/mol. The molecule has 1 N–H and O–H groups in total. The molecule has 0 saturated heterocycles. The maximum Gasteiger partial charge on any atom is 0.416 e. The summed E-state index contributed by atoms with van der Waals surface area (Å²) in [6.45, 7) is -0.753. The van der Waals surface area contributed by atoms with E-state index in [1.54, 1.807) is 0 Å². The van der Waals surface area contributed by atoms with E-state index in [1.807, 2.05) is 0 Å². The number of ether oxygens (including phenoxy) is 2. The smallest absolute Gasteiger partial charge is 0.416 e. The number of aliphatic hydroxyl groups excluding tert-OH is 1. The fraction of sp³-hybridized carbons (Fsp3) is 0.909. The third kappa shape index (κ3) is 4.45. The van der Waals surface area contributed by atoms with E-state index in [4.69, 9.17) is 9.84 Å². The summed E-state index contributed by atoms with van der Waals surface area (Å²) in [6.07, 6.45) is -5.34. The molecule has 0 spiro atoms. The summed E-state index contributed by atoms with van der Waals surface area (Å²) in [4.78, 5) is 11.2. The molecule has 18 heavy (non-hydrogen) atoms. The van der Waals surface area contributed by atoms with Crippen molar-refractivity contribution >= 4 is 5.97 Å². The van der Waals surface area contributed by atoms with Crippen LogP contribution in [0.3, 0.4) is 0 Å². The molecule has 7 heteroatoms. The molecular weight excluding hydrogens is 253 g/mol. The molecule has 0 aromatic heterocycles. The molecule has 1 rings (SSSR count). The second-order valence-electron chi connectivity index (χ2n) is 4.39. The van der Waals surface area contributed by atoms with Crippen LogP contribution in [0.25, 0.3) is 0 Å². The summed E-state index contributed by atoms with van der Waals surface area (Å²) in [7, 11) is 1.31. The van der Waals surface area contributed by atoms with Crippen molar-refractivity contribution in [2.24, 2.45) is 5.92 Å². The topological polar surface area (TPSA) is 55.8 Å². The number of rotatable bonds is 4. The van der Waals surface area contributed by atoms with Gasteiger partial charge in [0.2, 0.25) is 0 Å². The molecule has 0 radical (unpaired) electrons. The van der Waals surface area contributed by atoms with Gasteiger partial charge in [-0.25, -0.2) is 0 Å². The Kier molecular flexibility index (Phi) is 5.40. The number of esters is 1. The van der Waals surface area contributed by atoms with E-state index in [9.17, 15) is 18.0 Å². The molecular formula is C11H17F3O4. The van der Waals surface area contributed by atoms with Gasteiger partial charge in [0.15, 0.2) is 6.10 Å². The molecule has 0 amide bonds. The normalized spacial score (nSPS) is 26.7. The molecule has 0 aromatic carbocycles. The summed E-state index contributed by atoms with van der Waals surface area (Å²) in [5.74, 6) is -0.480. The van der Waals surface area contributed by atoms with Gasteiger partial charge in [0, 0.05) is 0 Å². The largest absolute Gasteiger partial charge is 0.469 e. The van der Waals surface area contributed by atoms with Crippen LogP contribution in [0.1, 0.15) is 25.7 Å². The standard InChI is InChI=1S/C11H17F3O4/c1-17-10(16)7-2-4-8(5-3-7)18-6-9(15)11(12,13)14/h7-9,15H,2-6H2,1H3. The minimum atomic E-state index is -4.65. The van der Waals surface area contributed by atoms with Crippen LogP contribution >= 0.6 is 0 Å². The van der Waals surface area contributed by atoms with Crippen molar-refractivity contribution in [2.45, 2.75) is 44.1 Å². The summed E-state index contributed by atoms with van der Waals surface area (Å²) in [6, 6.07) is 0. The molecule has 1 saturated carbocycles. The van der Waals surface area contributed by atoms with Crippen LogP contribution in [0.2, 0.25) is 0 Å². The predicted octanol–water partition coefficient (Wildman–Crippen LogP) is 1.66. The van der Waals surface area contributed by atoms with Crippen molar-refractivity contribution < 1.29 is 32.5 Å². The van der Waals surface area contributed by atoms with Crippen LogP contribution in [0, 0.1) is 5.92 Å². The molecule has 0 aromatic rings. The van der Waals surface area contributed by atoms with Crippen molar-refractivity contribution in [1.29, 1.82) is 0 Å². The summed E-state index contributed by atoms with van der Waals surface area (Å²) >= 11 is 0. The second kappa shape index (κ2) is 6.38. The first-order chi connectivity index (χ1) is 8.34. The lowest BCUT2D eigenvalue weighted by atomic mass is 9.87. The lowest BCUT2D eigenvalue weighted by molar-refractivity contribution is -0.222. The molecule has 4 nitrogen and oxygen atoms in total. The van der Waals surface area contributed by atoms with Gasteiger partial charge >= 0.3 is 12.1 Å². The van der Waals surface area contributed by atoms with Gasteiger partial charge in [0.1, 0.15) is 0 Å². The van der Waals surface area contributed by atoms with Crippen LogP contribution in [0.4, 0.5) is 13.2 Å². The Balaban J connectivity index is 2.26. The number of alkyl halides is 3. The molecule has 0 aliphatic heterocycles. The number of methoxy groups -OCH3 is 1. The van der Waals surface area contributed by atoms with Crippen molar-refractivity contribution in [3.05, 3.63) is 0 Å². The minimum Gasteiger partial charge on any atom is -0.469 e. The summed E-state index contributed by atoms with van der Waals surface area (Å²) < 4.78 is 45.7. The average Bonchev–Trinajstić information content (AvgIpc) is 2.34. The minimum absolute atomic E-state index is 0.192. The van der Waals surface area contributed by atoms with Crippen molar-refractivity contribution in [1.82, 2.24) is 0 Å². The van der Waals surface area contributed by atoms with Crippen LogP contribution in [0.15, 0.2) is 0 Å². The van der Waals surface area contributed by atoms with Gasteiger partial charge in [-0.15, -0.1) is 0 Å². The van der Waals surface area contributed by atoms with Gasteiger partial charge in [-0.1, -0.05) is 0 Å². The van der Waals surface area contributed by atoms with E-state index >= 15 is 0 Å². The quantitative estimate of drug-likeness (QED) is 0.789. The van der Waals surface area contributed by atoms with Crippen molar-refractivity contribution in [2.75, 3.05) is 13.7 Å². The highest BCUT2D eigenvalue weighted by atomic mass is 19.4. The molecule has 0 heterocycles. The van der Waals surface area contributed by atoms with E-state index < -0.39 is 18.9 Å².